The van der Waals surface area contributed by atoms with E-state index < -0.39 is 0 Å². The van der Waals surface area contributed by atoms with E-state index in [4.69, 9.17) is 5.11 Å². The van der Waals surface area contributed by atoms with Crippen molar-refractivity contribution in [3.05, 3.63) is 18.0 Å². The van der Waals surface area contributed by atoms with Crippen LogP contribution in [0.25, 0.3) is 0 Å². The minimum atomic E-state index is 0.140. The van der Waals surface area contributed by atoms with E-state index in [1.165, 1.54) is 24.9 Å². The number of aliphatic hydroxyl groups is 1. The van der Waals surface area contributed by atoms with E-state index >= 15 is 0 Å². The van der Waals surface area contributed by atoms with Crippen LogP contribution >= 0.6 is 0 Å². The molecule has 1 unspecified atom stereocenters. The van der Waals surface area contributed by atoms with Crippen molar-refractivity contribution in [3.8, 4) is 0 Å². The zero-order valence-corrected chi connectivity index (χ0v) is 10.5. The molecule has 0 aliphatic carbocycles. The molecule has 17 heavy (non-hydrogen) atoms. The van der Waals surface area contributed by atoms with Crippen LogP contribution in [0.2, 0.25) is 0 Å². The minimum Gasteiger partial charge on any atom is -0.394 e. The van der Waals surface area contributed by atoms with E-state index in [1.807, 2.05) is 12.4 Å². The number of likely N-dealkylation sites (tertiary alicyclic amines) is 1. The summed E-state index contributed by atoms with van der Waals surface area (Å²) in [4.78, 5) is 2.42. The summed E-state index contributed by atoms with van der Waals surface area (Å²) in [5.41, 5.74) is 1.18. The first-order valence-corrected chi connectivity index (χ1v) is 6.33. The SMILES string of the molecule is CN1CCCC1CNCc1cnn(CCO)c1. The van der Waals surface area contributed by atoms with Crippen LogP contribution in [0, 0.1) is 0 Å². The van der Waals surface area contributed by atoms with E-state index in [0.717, 1.165) is 13.1 Å². The number of aromatic nitrogens is 2. The van der Waals surface area contributed by atoms with Crippen LogP contribution in [0.4, 0.5) is 0 Å². The van der Waals surface area contributed by atoms with Gasteiger partial charge < -0.3 is 15.3 Å². The Hall–Kier alpha value is -0.910. The third-order valence-corrected chi connectivity index (χ3v) is 3.40. The predicted octanol–water partition coefficient (Wildman–Crippen LogP) is 0.0592. The smallest absolute Gasteiger partial charge is 0.0640 e. The van der Waals surface area contributed by atoms with Crippen molar-refractivity contribution >= 4 is 0 Å². The Labute approximate surface area is 102 Å². The number of hydrogen-bond acceptors (Lipinski definition) is 4. The molecule has 2 N–H and O–H groups in total. The number of likely N-dealkylation sites (N-methyl/N-ethyl adjacent to an activating group) is 1. The standard InChI is InChI=1S/C12H22N4O/c1-15-4-2-3-12(15)9-13-7-11-8-14-16(10-11)5-6-17/h8,10,12-13,17H,2-7,9H2,1H3. The number of nitrogens with one attached hydrogen (secondary N) is 1. The summed E-state index contributed by atoms with van der Waals surface area (Å²) in [7, 11) is 2.19. The van der Waals surface area contributed by atoms with Gasteiger partial charge in [0.1, 0.15) is 0 Å². The molecular weight excluding hydrogens is 216 g/mol. The number of rotatable bonds is 6. The van der Waals surface area contributed by atoms with Crippen molar-refractivity contribution in [1.82, 2.24) is 20.0 Å². The maximum Gasteiger partial charge on any atom is 0.0640 e. The molecule has 0 bridgehead atoms. The lowest BCUT2D eigenvalue weighted by atomic mass is 10.2. The van der Waals surface area contributed by atoms with E-state index in [-0.39, 0.29) is 6.61 Å². The minimum absolute atomic E-state index is 0.140. The van der Waals surface area contributed by atoms with Crippen molar-refractivity contribution in [2.45, 2.75) is 32.0 Å². The van der Waals surface area contributed by atoms with Gasteiger partial charge in [-0.2, -0.15) is 5.10 Å². The van der Waals surface area contributed by atoms with Crippen molar-refractivity contribution in [3.63, 3.8) is 0 Å². The van der Waals surface area contributed by atoms with Crippen molar-refractivity contribution in [1.29, 1.82) is 0 Å². The summed E-state index contributed by atoms with van der Waals surface area (Å²) < 4.78 is 1.78. The van der Waals surface area contributed by atoms with Crippen LogP contribution < -0.4 is 5.32 Å². The predicted molar refractivity (Wildman–Crippen MR) is 66.7 cm³/mol. The molecular formula is C12H22N4O. The van der Waals surface area contributed by atoms with Gasteiger partial charge in [0.25, 0.3) is 0 Å². The topological polar surface area (TPSA) is 53.3 Å². The first-order chi connectivity index (χ1) is 8.29. The van der Waals surface area contributed by atoms with Crippen LogP contribution in [0.5, 0.6) is 0 Å². The molecule has 0 amide bonds. The Bertz CT molecular complexity index is 339. The van der Waals surface area contributed by atoms with Gasteiger partial charge in [0.15, 0.2) is 0 Å². The van der Waals surface area contributed by atoms with E-state index in [2.05, 4.69) is 22.4 Å². The maximum absolute atomic E-state index is 8.80. The van der Waals surface area contributed by atoms with E-state index in [1.54, 1.807) is 4.68 Å². The molecule has 1 aromatic rings. The lowest BCUT2D eigenvalue weighted by Gasteiger charge is -2.19. The zero-order chi connectivity index (χ0) is 12.1. The first kappa shape index (κ1) is 12.5. The van der Waals surface area contributed by atoms with Gasteiger partial charge in [-0.25, -0.2) is 0 Å². The average Bonchev–Trinajstić information content (AvgIpc) is 2.90. The quantitative estimate of drug-likeness (QED) is 0.736. The molecule has 1 aliphatic heterocycles. The van der Waals surface area contributed by atoms with E-state index in [9.17, 15) is 0 Å². The summed E-state index contributed by atoms with van der Waals surface area (Å²) >= 11 is 0. The zero-order valence-electron chi connectivity index (χ0n) is 10.5. The highest BCUT2D eigenvalue weighted by molar-refractivity contribution is 5.03. The van der Waals surface area contributed by atoms with Crippen molar-refractivity contribution in [2.24, 2.45) is 0 Å². The van der Waals surface area contributed by atoms with Gasteiger partial charge in [0, 0.05) is 30.9 Å². The number of aliphatic hydroxyl groups excluding tert-OH is 1. The molecule has 1 saturated heterocycles. The summed E-state index contributed by atoms with van der Waals surface area (Å²) in [5.74, 6) is 0. The van der Waals surface area contributed by atoms with Crippen LogP contribution in [0.3, 0.4) is 0 Å². The molecule has 1 aliphatic rings. The molecule has 2 heterocycles. The lowest BCUT2D eigenvalue weighted by Crippen LogP contribution is -2.35. The molecule has 1 aromatic heterocycles. The van der Waals surface area contributed by atoms with Gasteiger partial charge in [-0.15, -0.1) is 0 Å². The molecule has 0 saturated carbocycles. The van der Waals surface area contributed by atoms with E-state index in [0.29, 0.717) is 12.6 Å². The summed E-state index contributed by atoms with van der Waals surface area (Å²) in [5, 5.41) is 16.4. The molecule has 1 fully saturated rings. The Morgan fingerprint density at radius 3 is 3.18 bits per heavy atom. The van der Waals surface area contributed by atoms with Gasteiger partial charge in [-0.3, -0.25) is 4.68 Å². The van der Waals surface area contributed by atoms with Gasteiger partial charge in [0.05, 0.1) is 19.3 Å². The Kier molecular flexibility index (Phi) is 4.53. The van der Waals surface area contributed by atoms with Crippen LogP contribution in [0.1, 0.15) is 18.4 Å². The average molecular weight is 238 g/mol. The Morgan fingerprint density at radius 1 is 1.59 bits per heavy atom. The summed E-state index contributed by atoms with van der Waals surface area (Å²) in [6.45, 7) is 3.84. The highest BCUT2D eigenvalue weighted by Crippen LogP contribution is 2.13. The highest BCUT2D eigenvalue weighted by Gasteiger charge is 2.19. The summed E-state index contributed by atoms with van der Waals surface area (Å²) in [6.07, 6.45) is 6.47. The Balaban J connectivity index is 1.70. The summed E-state index contributed by atoms with van der Waals surface area (Å²) in [6, 6.07) is 0.683. The molecule has 5 heteroatoms. The maximum atomic E-state index is 8.80. The highest BCUT2D eigenvalue weighted by atomic mass is 16.3. The molecule has 0 spiro atoms. The second-order valence-corrected chi connectivity index (χ2v) is 4.74. The van der Waals surface area contributed by atoms with Gasteiger partial charge in [0.2, 0.25) is 0 Å². The number of nitrogens with zero attached hydrogens (tertiary/aromatic N) is 3. The van der Waals surface area contributed by atoms with Gasteiger partial charge in [-0.1, -0.05) is 0 Å². The number of hydrogen-bond donors (Lipinski definition) is 2. The fourth-order valence-corrected chi connectivity index (χ4v) is 2.34. The molecule has 5 nitrogen and oxygen atoms in total. The first-order valence-electron chi connectivity index (χ1n) is 6.33. The molecule has 0 aromatic carbocycles. The fourth-order valence-electron chi connectivity index (χ4n) is 2.34. The van der Waals surface area contributed by atoms with Gasteiger partial charge in [-0.05, 0) is 26.4 Å². The normalized spacial score (nSPS) is 21.2. The van der Waals surface area contributed by atoms with Crippen molar-refractivity contribution < 1.29 is 5.11 Å². The molecule has 2 rings (SSSR count). The largest absolute Gasteiger partial charge is 0.394 e. The second kappa shape index (κ2) is 6.14. The lowest BCUT2D eigenvalue weighted by molar-refractivity contribution is 0.269. The third kappa shape index (κ3) is 3.52. The molecule has 0 radical (unpaired) electrons. The van der Waals surface area contributed by atoms with Crippen LogP contribution in [-0.2, 0) is 13.1 Å². The van der Waals surface area contributed by atoms with Gasteiger partial charge >= 0.3 is 0 Å². The van der Waals surface area contributed by atoms with Crippen LogP contribution in [-0.4, -0.2) is 52.6 Å². The second-order valence-electron chi connectivity index (χ2n) is 4.74. The monoisotopic (exact) mass is 238 g/mol. The van der Waals surface area contributed by atoms with Crippen molar-refractivity contribution in [2.75, 3.05) is 26.7 Å². The van der Waals surface area contributed by atoms with Crippen LogP contribution in [0.15, 0.2) is 12.4 Å². The molecule has 1 atom stereocenters. The fraction of sp³-hybridized carbons (Fsp3) is 0.750. The Morgan fingerprint density at radius 2 is 2.47 bits per heavy atom. The third-order valence-electron chi connectivity index (χ3n) is 3.40. The molecule has 96 valence electrons.